The third-order valence-corrected chi connectivity index (χ3v) is 4.29. The highest BCUT2D eigenvalue weighted by Gasteiger charge is 2.19. The third kappa shape index (κ3) is 2.36. The van der Waals surface area contributed by atoms with Crippen molar-refractivity contribution in [2.75, 3.05) is 7.05 Å². The minimum atomic E-state index is 0.0803. The fraction of sp³-hybridized carbons (Fsp3) is 0.263. The number of rotatable bonds is 3. The van der Waals surface area contributed by atoms with Crippen LogP contribution in [0.25, 0.3) is 11.0 Å². The Hall–Kier alpha value is -2.06. The lowest BCUT2D eigenvalue weighted by molar-refractivity contribution is 0.489. The molecule has 0 saturated carbocycles. The molecule has 0 aliphatic rings. The number of benzene rings is 2. The molecule has 1 N–H and O–H groups in total. The summed E-state index contributed by atoms with van der Waals surface area (Å²) in [6.45, 7) is 6.40. The first-order chi connectivity index (χ1) is 10.1. The quantitative estimate of drug-likeness (QED) is 0.754. The molecule has 0 fully saturated rings. The van der Waals surface area contributed by atoms with Crippen LogP contribution in [0.1, 0.15) is 34.1 Å². The molecular formula is C19H21NO. The molecule has 0 aliphatic heterocycles. The van der Waals surface area contributed by atoms with Crippen molar-refractivity contribution in [3.05, 3.63) is 70.5 Å². The van der Waals surface area contributed by atoms with Crippen LogP contribution < -0.4 is 5.32 Å². The van der Waals surface area contributed by atoms with Crippen LogP contribution in [0, 0.1) is 20.8 Å². The number of fused-ring (bicyclic) bond motifs is 1. The van der Waals surface area contributed by atoms with Gasteiger partial charge in [0.05, 0.1) is 6.04 Å². The maximum atomic E-state index is 6.14. The SMILES string of the molecule is CNC(c1cc2cccc(C)c2o1)c1cccc(C)c1C. The summed E-state index contributed by atoms with van der Waals surface area (Å²) in [4.78, 5) is 0. The lowest BCUT2D eigenvalue weighted by Gasteiger charge is -2.17. The lowest BCUT2D eigenvalue weighted by atomic mass is 9.96. The van der Waals surface area contributed by atoms with Gasteiger partial charge in [0.15, 0.2) is 0 Å². The van der Waals surface area contributed by atoms with Crippen molar-refractivity contribution in [1.82, 2.24) is 5.32 Å². The first-order valence-corrected chi connectivity index (χ1v) is 7.34. The topological polar surface area (TPSA) is 25.2 Å². The normalized spacial score (nSPS) is 12.8. The number of furan rings is 1. The second kappa shape index (κ2) is 5.38. The molecule has 1 heterocycles. The smallest absolute Gasteiger partial charge is 0.137 e. The zero-order valence-electron chi connectivity index (χ0n) is 13.0. The molecule has 3 aromatic rings. The van der Waals surface area contributed by atoms with Gasteiger partial charge in [-0.1, -0.05) is 36.4 Å². The Kier molecular flexibility index (Phi) is 3.56. The Morgan fingerprint density at radius 1 is 0.952 bits per heavy atom. The van der Waals surface area contributed by atoms with Gasteiger partial charge in [-0.3, -0.25) is 0 Å². The summed E-state index contributed by atoms with van der Waals surface area (Å²) in [6.07, 6.45) is 0. The van der Waals surface area contributed by atoms with Crippen LogP contribution in [-0.2, 0) is 0 Å². The van der Waals surface area contributed by atoms with E-state index in [1.165, 1.54) is 22.3 Å². The van der Waals surface area contributed by atoms with Gasteiger partial charge < -0.3 is 9.73 Å². The van der Waals surface area contributed by atoms with Gasteiger partial charge in [0.1, 0.15) is 11.3 Å². The van der Waals surface area contributed by atoms with Crippen LogP contribution in [-0.4, -0.2) is 7.05 Å². The number of hydrogen-bond donors (Lipinski definition) is 1. The van der Waals surface area contributed by atoms with E-state index in [0.29, 0.717) is 0 Å². The van der Waals surface area contributed by atoms with Crippen LogP contribution in [0.3, 0.4) is 0 Å². The van der Waals surface area contributed by atoms with E-state index in [1.807, 2.05) is 7.05 Å². The molecule has 1 aromatic heterocycles. The van der Waals surface area contributed by atoms with Crippen molar-refractivity contribution in [2.45, 2.75) is 26.8 Å². The molecule has 0 spiro atoms. The molecule has 0 aliphatic carbocycles. The van der Waals surface area contributed by atoms with Gasteiger partial charge in [0.2, 0.25) is 0 Å². The summed E-state index contributed by atoms with van der Waals surface area (Å²) >= 11 is 0. The van der Waals surface area contributed by atoms with Crippen molar-refractivity contribution >= 4 is 11.0 Å². The van der Waals surface area contributed by atoms with Crippen molar-refractivity contribution in [3.8, 4) is 0 Å². The van der Waals surface area contributed by atoms with Crippen LogP contribution >= 0.6 is 0 Å². The Morgan fingerprint density at radius 2 is 1.67 bits per heavy atom. The Balaban J connectivity index is 2.14. The molecule has 21 heavy (non-hydrogen) atoms. The first-order valence-electron chi connectivity index (χ1n) is 7.34. The Labute approximate surface area is 125 Å². The predicted octanol–water partition coefficient (Wildman–Crippen LogP) is 4.67. The molecule has 0 saturated heterocycles. The van der Waals surface area contributed by atoms with E-state index >= 15 is 0 Å². The minimum absolute atomic E-state index is 0.0803. The average Bonchev–Trinajstić information content (AvgIpc) is 2.89. The fourth-order valence-electron chi connectivity index (χ4n) is 2.91. The molecular weight excluding hydrogens is 258 g/mol. The van der Waals surface area contributed by atoms with E-state index in [0.717, 1.165) is 16.7 Å². The second-order valence-electron chi connectivity index (χ2n) is 5.65. The van der Waals surface area contributed by atoms with Gasteiger partial charge in [-0.15, -0.1) is 0 Å². The van der Waals surface area contributed by atoms with E-state index in [-0.39, 0.29) is 6.04 Å². The zero-order chi connectivity index (χ0) is 15.0. The number of aryl methyl sites for hydroxylation is 2. The van der Waals surface area contributed by atoms with E-state index in [9.17, 15) is 0 Å². The van der Waals surface area contributed by atoms with Crippen LogP contribution in [0.15, 0.2) is 46.9 Å². The molecule has 0 bridgehead atoms. The highest BCUT2D eigenvalue weighted by Crippen LogP contribution is 2.31. The summed E-state index contributed by atoms with van der Waals surface area (Å²) in [5.41, 5.74) is 6.05. The van der Waals surface area contributed by atoms with Crippen molar-refractivity contribution in [1.29, 1.82) is 0 Å². The second-order valence-corrected chi connectivity index (χ2v) is 5.65. The van der Waals surface area contributed by atoms with Crippen LogP contribution in [0.5, 0.6) is 0 Å². The van der Waals surface area contributed by atoms with Gasteiger partial charge in [0.25, 0.3) is 0 Å². The predicted molar refractivity (Wildman–Crippen MR) is 87.8 cm³/mol. The Bertz CT molecular complexity index is 785. The third-order valence-electron chi connectivity index (χ3n) is 4.29. The maximum absolute atomic E-state index is 6.14. The summed E-state index contributed by atoms with van der Waals surface area (Å²) in [7, 11) is 1.98. The van der Waals surface area contributed by atoms with E-state index in [2.05, 4.69) is 68.6 Å². The molecule has 1 atom stereocenters. The standard InChI is InChI=1S/C19H21NO/c1-12-7-6-10-16(14(12)3)18(20-4)17-11-15-9-5-8-13(2)19(15)21-17/h5-11,18,20H,1-4H3. The monoisotopic (exact) mass is 279 g/mol. The van der Waals surface area contributed by atoms with E-state index < -0.39 is 0 Å². The van der Waals surface area contributed by atoms with Gasteiger partial charge in [-0.05, 0) is 56.1 Å². The molecule has 3 rings (SSSR count). The van der Waals surface area contributed by atoms with Crippen molar-refractivity contribution in [2.24, 2.45) is 0 Å². The molecule has 1 unspecified atom stereocenters. The highest BCUT2D eigenvalue weighted by molar-refractivity contribution is 5.81. The Morgan fingerprint density at radius 3 is 2.38 bits per heavy atom. The lowest BCUT2D eigenvalue weighted by Crippen LogP contribution is -2.18. The summed E-state index contributed by atoms with van der Waals surface area (Å²) in [5.74, 6) is 0.968. The maximum Gasteiger partial charge on any atom is 0.137 e. The number of para-hydroxylation sites is 1. The number of nitrogens with one attached hydrogen (secondary N) is 1. The van der Waals surface area contributed by atoms with Crippen LogP contribution in [0.4, 0.5) is 0 Å². The summed E-state index contributed by atoms with van der Waals surface area (Å²) < 4.78 is 6.14. The summed E-state index contributed by atoms with van der Waals surface area (Å²) in [5, 5.41) is 4.55. The van der Waals surface area contributed by atoms with Gasteiger partial charge in [0, 0.05) is 5.39 Å². The highest BCUT2D eigenvalue weighted by atomic mass is 16.3. The van der Waals surface area contributed by atoms with E-state index in [1.54, 1.807) is 0 Å². The fourth-order valence-corrected chi connectivity index (χ4v) is 2.91. The molecule has 2 aromatic carbocycles. The van der Waals surface area contributed by atoms with Gasteiger partial charge >= 0.3 is 0 Å². The van der Waals surface area contributed by atoms with Crippen LogP contribution in [0.2, 0.25) is 0 Å². The molecule has 0 radical (unpaired) electrons. The van der Waals surface area contributed by atoms with E-state index in [4.69, 9.17) is 4.42 Å². The minimum Gasteiger partial charge on any atom is -0.459 e. The van der Waals surface area contributed by atoms with Crippen molar-refractivity contribution in [3.63, 3.8) is 0 Å². The van der Waals surface area contributed by atoms with Gasteiger partial charge in [-0.2, -0.15) is 0 Å². The zero-order valence-corrected chi connectivity index (χ0v) is 13.0. The molecule has 2 heteroatoms. The molecule has 108 valence electrons. The average molecular weight is 279 g/mol. The summed E-state index contributed by atoms with van der Waals surface area (Å²) in [6, 6.07) is 14.9. The van der Waals surface area contributed by atoms with Crippen molar-refractivity contribution < 1.29 is 4.42 Å². The molecule has 0 amide bonds. The first kappa shape index (κ1) is 13.9. The molecule has 2 nitrogen and oxygen atoms in total. The van der Waals surface area contributed by atoms with Gasteiger partial charge in [-0.25, -0.2) is 0 Å². The largest absolute Gasteiger partial charge is 0.459 e. The number of hydrogen-bond acceptors (Lipinski definition) is 2.